The van der Waals surface area contributed by atoms with Crippen LogP contribution >= 0.6 is 22.9 Å². The molecule has 1 fully saturated rings. The van der Waals surface area contributed by atoms with Crippen LogP contribution in [0.3, 0.4) is 0 Å². The lowest BCUT2D eigenvalue weighted by atomic mass is 9.99. The fraction of sp³-hybridized carbons (Fsp3) is 0.615. The van der Waals surface area contributed by atoms with E-state index < -0.39 is 0 Å². The summed E-state index contributed by atoms with van der Waals surface area (Å²) in [5.41, 5.74) is 0. The second-order valence-electron chi connectivity index (χ2n) is 4.73. The minimum Gasteiger partial charge on any atom is -0.384 e. The smallest absolute Gasteiger partial charge is 0.186 e. The van der Waals surface area contributed by atoms with Gasteiger partial charge >= 0.3 is 0 Å². The molecule has 1 atom stereocenters. The predicted molar refractivity (Wildman–Crippen MR) is 74.7 cm³/mol. The number of likely N-dealkylation sites (tertiary alicyclic amines) is 1. The van der Waals surface area contributed by atoms with Crippen molar-refractivity contribution in [3.8, 4) is 0 Å². The van der Waals surface area contributed by atoms with E-state index in [-0.39, 0.29) is 5.78 Å². The van der Waals surface area contributed by atoms with Gasteiger partial charge in [-0.05, 0) is 37.4 Å². The van der Waals surface area contributed by atoms with Crippen LogP contribution in [0.5, 0.6) is 0 Å². The molecule has 1 aromatic rings. The Morgan fingerprint density at radius 3 is 3.11 bits per heavy atom. The Bertz CT molecular complexity index is 405. The van der Waals surface area contributed by atoms with Crippen LogP contribution in [0.25, 0.3) is 0 Å². The number of ether oxygens (including phenoxy) is 1. The van der Waals surface area contributed by atoms with Gasteiger partial charge in [-0.1, -0.05) is 11.6 Å². The first kappa shape index (κ1) is 14.0. The minimum atomic E-state index is 0.171. The van der Waals surface area contributed by atoms with E-state index >= 15 is 0 Å². The Balaban J connectivity index is 1.87. The molecule has 0 bridgehead atoms. The van der Waals surface area contributed by atoms with Crippen molar-refractivity contribution in [3.63, 3.8) is 0 Å². The Morgan fingerprint density at radius 1 is 1.61 bits per heavy atom. The van der Waals surface area contributed by atoms with Crippen LogP contribution in [0.1, 0.15) is 22.5 Å². The number of rotatable bonds is 5. The zero-order valence-electron chi connectivity index (χ0n) is 10.5. The van der Waals surface area contributed by atoms with Crippen LogP contribution in [0.4, 0.5) is 0 Å². The maximum absolute atomic E-state index is 12.1. The highest BCUT2D eigenvalue weighted by molar-refractivity contribution is 7.18. The summed E-state index contributed by atoms with van der Waals surface area (Å²) in [5, 5.41) is 0. The maximum atomic E-state index is 12.1. The first-order valence-corrected chi connectivity index (χ1v) is 7.38. The van der Waals surface area contributed by atoms with E-state index in [4.69, 9.17) is 16.3 Å². The van der Waals surface area contributed by atoms with Crippen molar-refractivity contribution >= 4 is 28.7 Å². The number of methoxy groups -OCH3 is 1. The van der Waals surface area contributed by atoms with Crippen LogP contribution < -0.4 is 0 Å². The lowest BCUT2D eigenvalue weighted by Crippen LogP contribution is -2.39. The largest absolute Gasteiger partial charge is 0.384 e. The number of carbonyl (C=O) groups excluding carboxylic acids is 1. The molecule has 2 heterocycles. The summed E-state index contributed by atoms with van der Waals surface area (Å²) in [6, 6.07) is 3.59. The van der Waals surface area contributed by atoms with Gasteiger partial charge in [0.2, 0.25) is 0 Å². The SMILES string of the molecule is COCC1CCCN(CC(=O)c2ccc(Cl)s2)C1. The van der Waals surface area contributed by atoms with E-state index in [0.717, 1.165) is 31.0 Å². The predicted octanol–water partition coefficient (Wildman–Crippen LogP) is 2.94. The van der Waals surface area contributed by atoms with Gasteiger partial charge in [-0.15, -0.1) is 11.3 Å². The van der Waals surface area contributed by atoms with Gasteiger partial charge < -0.3 is 4.74 Å². The summed E-state index contributed by atoms with van der Waals surface area (Å²) in [4.78, 5) is 15.1. The molecule has 0 aliphatic carbocycles. The van der Waals surface area contributed by atoms with E-state index in [9.17, 15) is 4.79 Å². The average Bonchev–Trinajstić information content (AvgIpc) is 2.77. The molecule has 1 aromatic heterocycles. The number of hydrogen-bond donors (Lipinski definition) is 0. The van der Waals surface area contributed by atoms with Crippen LogP contribution in [-0.2, 0) is 4.74 Å². The van der Waals surface area contributed by atoms with Crippen LogP contribution in [0.2, 0.25) is 4.34 Å². The molecule has 3 nitrogen and oxygen atoms in total. The number of nitrogens with zero attached hydrogens (tertiary/aromatic N) is 1. The molecular weight excluding hydrogens is 270 g/mol. The van der Waals surface area contributed by atoms with Crippen molar-refractivity contribution in [2.24, 2.45) is 5.92 Å². The highest BCUT2D eigenvalue weighted by Crippen LogP contribution is 2.23. The summed E-state index contributed by atoms with van der Waals surface area (Å²) in [5.74, 6) is 0.730. The molecule has 0 spiro atoms. The summed E-state index contributed by atoms with van der Waals surface area (Å²) in [6.45, 7) is 3.25. The first-order chi connectivity index (χ1) is 8.69. The molecule has 2 rings (SSSR count). The molecule has 18 heavy (non-hydrogen) atoms. The lowest BCUT2D eigenvalue weighted by molar-refractivity contribution is 0.0760. The lowest BCUT2D eigenvalue weighted by Gasteiger charge is -2.31. The monoisotopic (exact) mass is 287 g/mol. The second kappa shape index (κ2) is 6.66. The number of hydrogen-bond acceptors (Lipinski definition) is 4. The summed E-state index contributed by atoms with van der Waals surface area (Å²) >= 11 is 7.21. The van der Waals surface area contributed by atoms with Gasteiger partial charge in [0.25, 0.3) is 0 Å². The molecule has 0 saturated carbocycles. The van der Waals surface area contributed by atoms with Gasteiger partial charge in [0, 0.05) is 13.7 Å². The second-order valence-corrected chi connectivity index (χ2v) is 6.44. The van der Waals surface area contributed by atoms with Crippen molar-refractivity contribution in [3.05, 3.63) is 21.3 Å². The Kier molecular flexibility index (Phi) is 5.18. The summed E-state index contributed by atoms with van der Waals surface area (Å²) in [6.07, 6.45) is 2.34. The molecular formula is C13H18ClNO2S. The number of halogens is 1. The molecule has 0 radical (unpaired) electrons. The van der Waals surface area contributed by atoms with Crippen molar-refractivity contribution in [2.75, 3.05) is 33.4 Å². The fourth-order valence-electron chi connectivity index (χ4n) is 2.41. The molecule has 1 unspecified atom stereocenters. The van der Waals surface area contributed by atoms with E-state index in [1.54, 1.807) is 13.2 Å². The molecule has 100 valence electrons. The zero-order valence-corrected chi connectivity index (χ0v) is 12.1. The Morgan fingerprint density at radius 2 is 2.44 bits per heavy atom. The topological polar surface area (TPSA) is 29.5 Å². The third-order valence-corrected chi connectivity index (χ3v) is 4.49. The van der Waals surface area contributed by atoms with Gasteiger partial charge in [0.05, 0.1) is 22.4 Å². The molecule has 0 amide bonds. The third kappa shape index (κ3) is 3.79. The number of carbonyl (C=O) groups is 1. The van der Waals surface area contributed by atoms with Crippen molar-refractivity contribution < 1.29 is 9.53 Å². The quantitative estimate of drug-likeness (QED) is 0.780. The molecule has 1 aliphatic heterocycles. The zero-order chi connectivity index (χ0) is 13.0. The number of thiophene rings is 1. The van der Waals surface area contributed by atoms with Gasteiger partial charge in [-0.3, -0.25) is 9.69 Å². The van der Waals surface area contributed by atoms with Gasteiger partial charge in [0.15, 0.2) is 5.78 Å². The van der Waals surface area contributed by atoms with Crippen molar-refractivity contribution in [1.29, 1.82) is 0 Å². The standard InChI is InChI=1S/C13H18ClNO2S/c1-17-9-10-3-2-6-15(7-10)8-11(16)12-4-5-13(14)18-12/h4-5,10H,2-3,6-9H2,1H3. The Labute approximate surface area is 117 Å². The highest BCUT2D eigenvalue weighted by atomic mass is 35.5. The van der Waals surface area contributed by atoms with Gasteiger partial charge in [-0.25, -0.2) is 0 Å². The molecule has 1 aliphatic rings. The Hall–Kier alpha value is -0.420. The van der Waals surface area contributed by atoms with Gasteiger partial charge in [-0.2, -0.15) is 0 Å². The van der Waals surface area contributed by atoms with E-state index in [0.29, 0.717) is 16.8 Å². The normalized spacial score (nSPS) is 21.1. The minimum absolute atomic E-state index is 0.171. The number of Topliss-reactive ketones (excluding diaryl/α,β-unsaturated/α-hetero) is 1. The fourth-order valence-corrected chi connectivity index (χ4v) is 3.38. The number of piperidine rings is 1. The summed E-state index contributed by atoms with van der Waals surface area (Å²) in [7, 11) is 1.73. The summed E-state index contributed by atoms with van der Waals surface area (Å²) < 4.78 is 5.87. The highest BCUT2D eigenvalue weighted by Gasteiger charge is 2.22. The van der Waals surface area contributed by atoms with Crippen molar-refractivity contribution in [1.82, 2.24) is 4.90 Å². The third-order valence-electron chi connectivity index (χ3n) is 3.22. The van der Waals surface area contributed by atoms with Crippen molar-refractivity contribution in [2.45, 2.75) is 12.8 Å². The average molecular weight is 288 g/mol. The van der Waals surface area contributed by atoms with E-state index in [1.165, 1.54) is 17.8 Å². The molecule has 5 heteroatoms. The maximum Gasteiger partial charge on any atom is 0.186 e. The van der Waals surface area contributed by atoms with Gasteiger partial charge in [0.1, 0.15) is 0 Å². The van der Waals surface area contributed by atoms with Crippen LogP contribution in [0.15, 0.2) is 12.1 Å². The molecule has 1 saturated heterocycles. The van der Waals surface area contributed by atoms with E-state index in [1.807, 2.05) is 6.07 Å². The van der Waals surface area contributed by atoms with E-state index in [2.05, 4.69) is 4.90 Å². The first-order valence-electron chi connectivity index (χ1n) is 6.19. The van der Waals surface area contributed by atoms with Crippen LogP contribution in [-0.4, -0.2) is 44.0 Å². The molecule has 0 N–H and O–H groups in total. The number of ketones is 1. The van der Waals surface area contributed by atoms with Crippen LogP contribution in [0, 0.1) is 5.92 Å². The molecule has 0 aromatic carbocycles.